The smallest absolute Gasteiger partial charge is 0.146 e. The second kappa shape index (κ2) is 5.27. The van der Waals surface area contributed by atoms with Gasteiger partial charge in [0.1, 0.15) is 11.6 Å². The summed E-state index contributed by atoms with van der Waals surface area (Å²) in [6, 6.07) is 11.1. The van der Waals surface area contributed by atoms with Gasteiger partial charge in [0.25, 0.3) is 0 Å². The third-order valence-corrected chi connectivity index (χ3v) is 2.63. The van der Waals surface area contributed by atoms with Crippen molar-refractivity contribution in [2.24, 2.45) is 0 Å². The summed E-state index contributed by atoms with van der Waals surface area (Å²) in [5.41, 5.74) is 7.38. The quantitative estimate of drug-likeness (QED) is 0.829. The number of methoxy groups -OCH3 is 1. The molecule has 0 aliphatic heterocycles. The highest BCUT2D eigenvalue weighted by atomic mass is 19.1. The highest BCUT2D eigenvalue weighted by Gasteiger charge is 2.07. The minimum Gasteiger partial charge on any atom is -0.497 e. The van der Waals surface area contributed by atoms with Crippen molar-refractivity contribution in [3.8, 4) is 11.8 Å². The molecule has 0 atom stereocenters. The molecule has 0 bridgehead atoms. The van der Waals surface area contributed by atoms with E-state index in [1.54, 1.807) is 18.2 Å². The predicted octanol–water partition coefficient (Wildman–Crippen LogP) is 3.03. The molecule has 0 heterocycles. The fourth-order valence-electron chi connectivity index (χ4n) is 1.61. The van der Waals surface area contributed by atoms with Crippen LogP contribution in [0.5, 0.6) is 5.75 Å². The first-order valence-corrected chi connectivity index (χ1v) is 5.54. The van der Waals surface area contributed by atoms with E-state index in [0.717, 1.165) is 0 Å². The van der Waals surface area contributed by atoms with Gasteiger partial charge in [0, 0.05) is 6.07 Å². The molecule has 0 radical (unpaired) electrons. The first-order valence-electron chi connectivity index (χ1n) is 5.54. The van der Waals surface area contributed by atoms with E-state index in [1.165, 1.54) is 25.3 Å². The van der Waals surface area contributed by atoms with E-state index in [4.69, 9.17) is 15.7 Å². The van der Waals surface area contributed by atoms with Gasteiger partial charge in [-0.2, -0.15) is 5.26 Å². The van der Waals surface area contributed by atoms with E-state index in [1.807, 2.05) is 6.07 Å². The van der Waals surface area contributed by atoms with E-state index < -0.39 is 5.82 Å². The highest BCUT2D eigenvalue weighted by molar-refractivity contribution is 5.74. The lowest BCUT2D eigenvalue weighted by molar-refractivity contribution is 0.414. The molecule has 2 aromatic rings. The van der Waals surface area contributed by atoms with Crippen LogP contribution in [0.25, 0.3) is 0 Å². The van der Waals surface area contributed by atoms with Crippen LogP contribution in [0.3, 0.4) is 0 Å². The fraction of sp³-hybridized carbons (Fsp3) is 0.0714. The molecule has 0 spiro atoms. The third-order valence-electron chi connectivity index (χ3n) is 2.63. The van der Waals surface area contributed by atoms with Crippen LogP contribution in [0.15, 0.2) is 36.4 Å². The highest BCUT2D eigenvalue weighted by Crippen LogP contribution is 2.28. The molecule has 19 heavy (non-hydrogen) atoms. The number of nitriles is 1. The zero-order valence-electron chi connectivity index (χ0n) is 10.3. The predicted molar refractivity (Wildman–Crippen MR) is 71.8 cm³/mol. The lowest BCUT2D eigenvalue weighted by atomic mass is 10.1. The Morgan fingerprint density at radius 2 is 2.00 bits per heavy atom. The lowest BCUT2D eigenvalue weighted by Gasteiger charge is -2.11. The molecule has 0 saturated heterocycles. The first kappa shape index (κ1) is 12.7. The van der Waals surface area contributed by atoms with Crippen molar-refractivity contribution in [1.29, 1.82) is 5.26 Å². The number of benzene rings is 2. The maximum absolute atomic E-state index is 13.7. The van der Waals surface area contributed by atoms with Crippen molar-refractivity contribution in [3.63, 3.8) is 0 Å². The van der Waals surface area contributed by atoms with E-state index in [0.29, 0.717) is 22.7 Å². The van der Waals surface area contributed by atoms with Gasteiger partial charge in [-0.15, -0.1) is 0 Å². The summed E-state index contributed by atoms with van der Waals surface area (Å²) in [5, 5.41) is 11.7. The molecule has 5 heteroatoms. The Labute approximate surface area is 110 Å². The molecule has 0 aliphatic rings. The molecule has 0 aliphatic carbocycles. The third kappa shape index (κ3) is 2.75. The second-order valence-electron chi connectivity index (χ2n) is 3.88. The average Bonchev–Trinajstić information content (AvgIpc) is 2.43. The second-order valence-corrected chi connectivity index (χ2v) is 3.88. The van der Waals surface area contributed by atoms with Crippen LogP contribution >= 0.6 is 0 Å². The van der Waals surface area contributed by atoms with Gasteiger partial charge in [-0.25, -0.2) is 4.39 Å². The summed E-state index contributed by atoms with van der Waals surface area (Å²) in [4.78, 5) is 0. The topological polar surface area (TPSA) is 71.1 Å². The van der Waals surface area contributed by atoms with E-state index in [9.17, 15) is 4.39 Å². The standard InChI is InChI=1S/C14H12FN3O/c1-19-10-3-4-11(15)13(7-10)18-14-6-9(8-16)2-5-12(14)17/h2-7,18H,17H2,1H3. The van der Waals surface area contributed by atoms with Crippen LogP contribution in [0, 0.1) is 17.1 Å². The number of hydrogen-bond acceptors (Lipinski definition) is 4. The number of nitrogens with one attached hydrogen (secondary N) is 1. The Balaban J connectivity index is 2.38. The lowest BCUT2D eigenvalue weighted by Crippen LogP contribution is -1.99. The van der Waals surface area contributed by atoms with Gasteiger partial charge >= 0.3 is 0 Å². The molecule has 0 aromatic heterocycles. The Bertz CT molecular complexity index is 650. The number of rotatable bonds is 3. The van der Waals surface area contributed by atoms with Gasteiger partial charge < -0.3 is 15.8 Å². The molecule has 4 nitrogen and oxygen atoms in total. The van der Waals surface area contributed by atoms with Gasteiger partial charge in [-0.05, 0) is 30.3 Å². The summed E-state index contributed by atoms with van der Waals surface area (Å²) in [6.45, 7) is 0. The summed E-state index contributed by atoms with van der Waals surface area (Å²) in [6.07, 6.45) is 0. The average molecular weight is 257 g/mol. The number of nitrogen functional groups attached to an aromatic ring is 1. The van der Waals surface area contributed by atoms with E-state index in [-0.39, 0.29) is 5.69 Å². The molecule has 0 unspecified atom stereocenters. The minimum absolute atomic E-state index is 0.237. The molecule has 0 fully saturated rings. The minimum atomic E-state index is -0.428. The van der Waals surface area contributed by atoms with Gasteiger partial charge in [-0.3, -0.25) is 0 Å². The molecule has 3 N–H and O–H groups in total. The zero-order chi connectivity index (χ0) is 13.8. The SMILES string of the molecule is COc1ccc(F)c(Nc2cc(C#N)ccc2N)c1. The number of ether oxygens (including phenoxy) is 1. The first-order chi connectivity index (χ1) is 9.13. The van der Waals surface area contributed by atoms with Gasteiger partial charge in [0.2, 0.25) is 0 Å². The molecule has 2 rings (SSSR count). The Hall–Kier alpha value is -2.74. The van der Waals surface area contributed by atoms with Crippen LogP contribution in [-0.4, -0.2) is 7.11 Å². The molecule has 0 amide bonds. The molecular formula is C14H12FN3O. The van der Waals surface area contributed by atoms with Crippen molar-refractivity contribution in [2.45, 2.75) is 0 Å². The van der Waals surface area contributed by atoms with Crippen molar-refractivity contribution in [2.75, 3.05) is 18.2 Å². The maximum atomic E-state index is 13.7. The normalized spacial score (nSPS) is 9.74. The van der Waals surface area contributed by atoms with Crippen molar-refractivity contribution >= 4 is 17.1 Å². The van der Waals surface area contributed by atoms with Crippen LogP contribution in [0.4, 0.5) is 21.5 Å². The molecular weight excluding hydrogens is 245 g/mol. The maximum Gasteiger partial charge on any atom is 0.146 e. The summed E-state index contributed by atoms with van der Waals surface area (Å²) < 4.78 is 18.7. The summed E-state index contributed by atoms with van der Waals surface area (Å²) >= 11 is 0. The van der Waals surface area contributed by atoms with Crippen molar-refractivity contribution in [3.05, 3.63) is 47.8 Å². The molecule has 96 valence electrons. The fourth-order valence-corrected chi connectivity index (χ4v) is 1.61. The van der Waals surface area contributed by atoms with Gasteiger partial charge in [0.05, 0.1) is 35.8 Å². The number of nitrogens with two attached hydrogens (primary N) is 1. The van der Waals surface area contributed by atoms with Crippen LogP contribution < -0.4 is 15.8 Å². The van der Waals surface area contributed by atoms with Gasteiger partial charge in [0.15, 0.2) is 0 Å². The number of hydrogen-bond donors (Lipinski definition) is 2. The van der Waals surface area contributed by atoms with Crippen LogP contribution in [0.1, 0.15) is 5.56 Å². The number of anilines is 3. The number of nitrogens with zero attached hydrogens (tertiary/aromatic N) is 1. The monoisotopic (exact) mass is 257 g/mol. The van der Waals surface area contributed by atoms with Crippen molar-refractivity contribution < 1.29 is 9.13 Å². The molecule has 0 saturated carbocycles. The largest absolute Gasteiger partial charge is 0.497 e. The van der Waals surface area contributed by atoms with Crippen molar-refractivity contribution in [1.82, 2.24) is 0 Å². The zero-order valence-corrected chi connectivity index (χ0v) is 10.3. The summed E-state index contributed by atoms with van der Waals surface area (Å²) in [7, 11) is 1.50. The number of halogens is 1. The summed E-state index contributed by atoms with van der Waals surface area (Å²) in [5.74, 6) is 0.0986. The Kier molecular flexibility index (Phi) is 3.53. The Morgan fingerprint density at radius 3 is 2.68 bits per heavy atom. The van der Waals surface area contributed by atoms with Crippen LogP contribution in [-0.2, 0) is 0 Å². The van der Waals surface area contributed by atoms with E-state index in [2.05, 4.69) is 5.32 Å². The van der Waals surface area contributed by atoms with E-state index >= 15 is 0 Å². The van der Waals surface area contributed by atoms with Gasteiger partial charge in [-0.1, -0.05) is 0 Å². The van der Waals surface area contributed by atoms with Crippen LogP contribution in [0.2, 0.25) is 0 Å². The molecule has 2 aromatic carbocycles. The Morgan fingerprint density at radius 1 is 1.21 bits per heavy atom.